The molecule has 0 aliphatic carbocycles. The largest absolute Gasteiger partial charge is 5.00 e. The summed E-state index contributed by atoms with van der Waals surface area (Å²) in [6.07, 6.45) is 0. The Hall–Kier alpha value is 0.192. The Morgan fingerprint density at radius 1 is 1.00 bits per heavy atom. The molecule has 8 heteroatoms. The first kappa shape index (κ1) is 23.8. The van der Waals surface area contributed by atoms with Gasteiger partial charge in [0.1, 0.15) is 0 Å². The van der Waals surface area contributed by atoms with Crippen LogP contribution in [0, 0.1) is 0 Å². The van der Waals surface area contributed by atoms with Gasteiger partial charge in [0.15, 0.2) is 0 Å². The van der Waals surface area contributed by atoms with Gasteiger partial charge in [0.2, 0.25) is 0 Å². The molecular weight excluding hydrogens is 244 g/mol. The van der Waals surface area contributed by atoms with Crippen molar-refractivity contribution in [3.63, 3.8) is 0 Å². The zero-order chi connectivity index (χ0) is 11.1. The Labute approximate surface area is 101 Å². The number of carbonyl (C=O) groups is 1. The van der Waals surface area contributed by atoms with Gasteiger partial charge in [0.05, 0.1) is 0 Å². The molecule has 6 nitrogen and oxygen atoms in total. The summed E-state index contributed by atoms with van der Waals surface area (Å²) in [4.78, 5) is 9.26. The zero-order valence-corrected chi connectivity index (χ0v) is 9.80. The van der Waals surface area contributed by atoms with Gasteiger partial charge >= 0.3 is 17.4 Å². The predicted molar refractivity (Wildman–Crippen MR) is 56.6 cm³/mol. The van der Waals surface area contributed by atoms with E-state index in [1.807, 2.05) is 0 Å². The SMILES string of the molecule is O=C(O)C[S-].[Cr+5].[NH-]CC[NH-].[NH-]CC[NH-]. The van der Waals surface area contributed by atoms with Crippen LogP contribution in [0.1, 0.15) is 0 Å². The van der Waals surface area contributed by atoms with Crippen molar-refractivity contribution in [2.24, 2.45) is 0 Å². The summed E-state index contributed by atoms with van der Waals surface area (Å²) in [7, 11) is 0. The summed E-state index contributed by atoms with van der Waals surface area (Å²) in [5.41, 5.74) is 25.1. The molecular formula is C6H15CrN4O2S. The summed E-state index contributed by atoms with van der Waals surface area (Å²) in [6.45, 7) is 0.944. The van der Waals surface area contributed by atoms with Crippen molar-refractivity contribution in [2.75, 3.05) is 31.9 Å². The molecule has 1 radical (unpaired) electrons. The van der Waals surface area contributed by atoms with Crippen LogP contribution in [0.3, 0.4) is 0 Å². The van der Waals surface area contributed by atoms with Gasteiger partial charge in [-0.2, -0.15) is 26.2 Å². The quantitative estimate of drug-likeness (QED) is 0.774. The van der Waals surface area contributed by atoms with Crippen molar-refractivity contribution in [3.05, 3.63) is 22.9 Å². The fourth-order valence-electron chi connectivity index (χ4n) is 0. The summed E-state index contributed by atoms with van der Waals surface area (Å²) in [5, 5.41) is 7.62. The maximum absolute atomic E-state index is 9.26. The van der Waals surface area contributed by atoms with Crippen molar-refractivity contribution in [2.45, 2.75) is 0 Å². The van der Waals surface area contributed by atoms with Crippen LogP contribution in [0.2, 0.25) is 0 Å². The molecule has 0 amide bonds. The molecule has 0 spiro atoms. The predicted octanol–water partition coefficient (Wildman–Crippen LogP) is 1.80. The molecule has 14 heavy (non-hydrogen) atoms. The number of hydrogen-bond acceptors (Lipinski definition) is 2. The number of carboxylic acids is 1. The second kappa shape index (κ2) is 29.2. The van der Waals surface area contributed by atoms with Crippen LogP contribution < -0.4 is 0 Å². The molecule has 0 aliphatic rings. The molecule has 0 bridgehead atoms. The first-order valence-electron chi connectivity index (χ1n) is 3.48. The first-order chi connectivity index (χ1) is 6.10. The Morgan fingerprint density at radius 2 is 1.14 bits per heavy atom. The van der Waals surface area contributed by atoms with Crippen molar-refractivity contribution in [1.29, 1.82) is 0 Å². The number of carboxylic acid groups (broad SMARTS) is 1. The smallest absolute Gasteiger partial charge is 0.782 e. The van der Waals surface area contributed by atoms with Crippen molar-refractivity contribution in [1.82, 2.24) is 0 Å². The molecule has 0 aromatic heterocycles. The molecule has 0 fully saturated rings. The van der Waals surface area contributed by atoms with Gasteiger partial charge in [-0.1, -0.05) is 5.75 Å². The maximum atomic E-state index is 9.26. The molecule has 0 aromatic rings. The summed E-state index contributed by atoms with van der Waals surface area (Å²) in [6, 6.07) is 0. The fourth-order valence-corrected chi connectivity index (χ4v) is 0. The Balaban J connectivity index is -0.0000000522. The number of hydrogen-bond donors (Lipinski definition) is 1. The van der Waals surface area contributed by atoms with Gasteiger partial charge < -0.3 is 40.7 Å². The van der Waals surface area contributed by atoms with Crippen molar-refractivity contribution in [3.8, 4) is 0 Å². The molecule has 0 saturated carbocycles. The van der Waals surface area contributed by atoms with Gasteiger partial charge in [-0.05, 0) is 0 Å². The van der Waals surface area contributed by atoms with Crippen LogP contribution in [-0.2, 0) is 34.8 Å². The second-order valence-electron chi connectivity index (χ2n) is 1.54. The average molecular weight is 259 g/mol. The van der Waals surface area contributed by atoms with E-state index in [-0.39, 0.29) is 49.3 Å². The molecule has 0 unspecified atom stereocenters. The van der Waals surface area contributed by atoms with Gasteiger partial charge in [-0.3, -0.25) is 4.79 Å². The van der Waals surface area contributed by atoms with Gasteiger partial charge in [-0.15, -0.1) is 0 Å². The van der Waals surface area contributed by atoms with Crippen LogP contribution in [0.5, 0.6) is 0 Å². The van der Waals surface area contributed by atoms with Gasteiger partial charge in [-0.25, -0.2) is 0 Å². The maximum Gasteiger partial charge on any atom is 5.00 e. The molecule has 5 N–H and O–H groups in total. The third-order valence-corrected chi connectivity index (χ3v) is 0.620. The Kier molecular flexibility index (Phi) is 49.6. The van der Waals surface area contributed by atoms with Crippen molar-refractivity contribution >= 4 is 18.6 Å². The molecule has 0 heterocycles. The van der Waals surface area contributed by atoms with Gasteiger partial charge in [0, 0.05) is 0 Å². The minimum atomic E-state index is -0.931. The van der Waals surface area contributed by atoms with Crippen LogP contribution in [0.4, 0.5) is 0 Å². The van der Waals surface area contributed by atoms with E-state index in [1.165, 1.54) is 0 Å². The first-order valence-corrected chi connectivity index (χ1v) is 4.06. The van der Waals surface area contributed by atoms with E-state index in [0.29, 0.717) is 0 Å². The number of rotatable bonds is 3. The van der Waals surface area contributed by atoms with Crippen LogP contribution in [0.25, 0.3) is 22.9 Å². The zero-order valence-electron chi connectivity index (χ0n) is 7.71. The normalized spacial score (nSPS) is 6.93. The second-order valence-corrected chi connectivity index (χ2v) is 1.83. The molecule has 0 saturated heterocycles. The topological polar surface area (TPSA) is 132 Å². The molecule has 0 rings (SSSR count). The average Bonchev–Trinajstić information content (AvgIpc) is 2.18. The Morgan fingerprint density at radius 3 is 1.14 bits per heavy atom. The minimum absolute atomic E-state index is 0. The monoisotopic (exact) mass is 259 g/mol. The fraction of sp³-hybridized carbons (Fsp3) is 0.833. The van der Waals surface area contributed by atoms with E-state index in [9.17, 15) is 4.79 Å². The van der Waals surface area contributed by atoms with E-state index in [1.54, 1.807) is 0 Å². The van der Waals surface area contributed by atoms with Crippen LogP contribution in [0.15, 0.2) is 0 Å². The van der Waals surface area contributed by atoms with Gasteiger partial charge in [0.25, 0.3) is 5.97 Å². The van der Waals surface area contributed by atoms with E-state index >= 15 is 0 Å². The van der Waals surface area contributed by atoms with E-state index < -0.39 is 5.97 Å². The van der Waals surface area contributed by atoms with E-state index in [4.69, 9.17) is 28.0 Å². The summed E-state index contributed by atoms with van der Waals surface area (Å²) >= 11 is 4.08. The third-order valence-electron chi connectivity index (χ3n) is 0.373. The molecule has 0 aliphatic heterocycles. The standard InChI is InChI=1S/2C2H6N2.C2H4O2S.Cr/c2*3-1-2-4;3-2(4)1-5;/h2*3-4H,1-2H2;5H,1H2,(H,3,4);/q2*-2;;+5/p-1. The van der Waals surface area contributed by atoms with E-state index in [0.717, 1.165) is 0 Å². The molecule has 0 atom stereocenters. The Bertz CT molecular complexity index is 91.9. The number of aliphatic carboxylic acids is 1. The van der Waals surface area contributed by atoms with Crippen LogP contribution >= 0.6 is 0 Å². The third kappa shape index (κ3) is 86.9. The molecule has 83 valence electrons. The number of nitrogens with one attached hydrogen (secondary N) is 4. The summed E-state index contributed by atoms with van der Waals surface area (Å²) < 4.78 is 0. The van der Waals surface area contributed by atoms with E-state index in [2.05, 4.69) is 12.6 Å². The molecule has 0 aromatic carbocycles. The van der Waals surface area contributed by atoms with Crippen molar-refractivity contribution < 1.29 is 27.3 Å². The summed E-state index contributed by atoms with van der Waals surface area (Å²) in [5.74, 6) is -1.13. The minimum Gasteiger partial charge on any atom is -0.782 e. The van der Waals surface area contributed by atoms with Crippen LogP contribution in [-0.4, -0.2) is 43.0 Å².